The smallest absolute Gasteiger partial charge is 0.126 e. The first-order valence-electron chi connectivity index (χ1n) is 3.89. The van der Waals surface area contributed by atoms with Gasteiger partial charge in [-0.3, -0.25) is 0 Å². The maximum Gasteiger partial charge on any atom is 0.126 e. The number of aromatic nitrogens is 1. The molecule has 0 radical (unpaired) electrons. The Kier molecular flexibility index (Phi) is 9.98. The minimum Gasteiger partial charge on any atom is -0.397 e. The summed E-state index contributed by atoms with van der Waals surface area (Å²) in [6.07, 6.45) is 2.33. The van der Waals surface area contributed by atoms with Crippen LogP contribution in [0.2, 0.25) is 0 Å². The first-order valence-corrected chi connectivity index (χ1v) is 3.89. The number of nitrogen functional groups attached to an aromatic ring is 1. The van der Waals surface area contributed by atoms with Crippen molar-refractivity contribution in [1.29, 1.82) is 0 Å². The molecule has 0 aliphatic heterocycles. The maximum atomic E-state index is 8.51. The van der Waals surface area contributed by atoms with Gasteiger partial charge in [-0.25, -0.2) is 4.98 Å². The molecule has 0 spiro atoms. The molecule has 1 aromatic heterocycles. The molecule has 0 aliphatic rings. The monoisotopic (exact) mass is 239 g/mol. The molecule has 1 heterocycles. The number of halogens is 2. The second-order valence-electron chi connectivity index (χ2n) is 2.48. The fraction of sp³-hybridized carbons (Fsp3) is 0.375. The molecule has 82 valence electrons. The first kappa shape index (κ1) is 15.7. The van der Waals surface area contributed by atoms with Gasteiger partial charge in [0.2, 0.25) is 0 Å². The van der Waals surface area contributed by atoms with Crippen molar-refractivity contribution in [2.24, 2.45) is 0 Å². The van der Waals surface area contributed by atoms with Crippen LogP contribution >= 0.6 is 24.8 Å². The third-order valence-corrected chi connectivity index (χ3v) is 1.43. The zero-order chi connectivity index (χ0) is 8.81. The van der Waals surface area contributed by atoms with Gasteiger partial charge < -0.3 is 16.2 Å². The third-order valence-electron chi connectivity index (χ3n) is 1.43. The number of pyridine rings is 1. The standard InChI is InChI=1S/C8H13N3O.2ClH/c9-7-2-3-8(11-6-7)10-4-1-5-12;;/h2-3,6,12H,1,4-5,9H2,(H,10,11);2*1H. The Morgan fingerprint density at radius 1 is 1.36 bits per heavy atom. The van der Waals surface area contributed by atoms with Crippen LogP contribution in [0.4, 0.5) is 11.5 Å². The number of rotatable bonds is 4. The topological polar surface area (TPSA) is 71.2 Å². The van der Waals surface area contributed by atoms with Crippen molar-refractivity contribution in [3.63, 3.8) is 0 Å². The Hall–Kier alpha value is -0.710. The Morgan fingerprint density at radius 2 is 2.07 bits per heavy atom. The van der Waals surface area contributed by atoms with E-state index in [1.807, 2.05) is 6.07 Å². The number of nitrogens with zero attached hydrogens (tertiary/aromatic N) is 1. The van der Waals surface area contributed by atoms with E-state index in [4.69, 9.17) is 10.8 Å². The van der Waals surface area contributed by atoms with Crippen LogP contribution in [0.3, 0.4) is 0 Å². The van der Waals surface area contributed by atoms with E-state index in [0.717, 1.165) is 18.8 Å². The number of aliphatic hydroxyl groups is 1. The molecule has 0 unspecified atom stereocenters. The summed E-state index contributed by atoms with van der Waals surface area (Å²) in [6.45, 7) is 0.926. The number of nitrogens with one attached hydrogen (secondary N) is 1. The summed E-state index contributed by atoms with van der Waals surface area (Å²) in [7, 11) is 0. The van der Waals surface area contributed by atoms with Crippen LogP contribution in [0.5, 0.6) is 0 Å². The molecule has 14 heavy (non-hydrogen) atoms. The lowest BCUT2D eigenvalue weighted by atomic mass is 10.4. The highest BCUT2D eigenvalue weighted by Crippen LogP contribution is 2.05. The van der Waals surface area contributed by atoms with Crippen LogP contribution in [-0.2, 0) is 0 Å². The largest absolute Gasteiger partial charge is 0.397 e. The number of anilines is 2. The average Bonchev–Trinajstić information content (AvgIpc) is 2.09. The minimum atomic E-state index is 0. The molecule has 4 N–H and O–H groups in total. The van der Waals surface area contributed by atoms with Crippen LogP contribution in [0.1, 0.15) is 6.42 Å². The van der Waals surface area contributed by atoms with E-state index in [1.54, 1.807) is 12.3 Å². The van der Waals surface area contributed by atoms with Crippen LogP contribution in [0.25, 0.3) is 0 Å². The van der Waals surface area contributed by atoms with Gasteiger partial charge >= 0.3 is 0 Å². The van der Waals surface area contributed by atoms with Crippen LogP contribution in [0, 0.1) is 0 Å². The minimum absolute atomic E-state index is 0. The van der Waals surface area contributed by atoms with Gasteiger partial charge in [0.05, 0.1) is 11.9 Å². The predicted molar refractivity (Wildman–Crippen MR) is 63.3 cm³/mol. The van der Waals surface area contributed by atoms with E-state index in [9.17, 15) is 0 Å². The quantitative estimate of drug-likeness (QED) is 0.694. The van der Waals surface area contributed by atoms with Gasteiger partial charge in [-0.2, -0.15) is 0 Å². The second-order valence-corrected chi connectivity index (χ2v) is 2.48. The van der Waals surface area contributed by atoms with Gasteiger partial charge in [0.1, 0.15) is 5.82 Å². The molecule has 0 aliphatic carbocycles. The lowest BCUT2D eigenvalue weighted by Gasteiger charge is -2.03. The molecule has 1 aromatic rings. The molecule has 0 fully saturated rings. The fourth-order valence-electron chi connectivity index (χ4n) is 0.805. The van der Waals surface area contributed by atoms with E-state index < -0.39 is 0 Å². The highest BCUT2D eigenvalue weighted by Gasteiger charge is 1.91. The Balaban J connectivity index is 0. The van der Waals surface area contributed by atoms with Crippen LogP contribution in [-0.4, -0.2) is 23.2 Å². The molecular weight excluding hydrogens is 225 g/mol. The van der Waals surface area contributed by atoms with Crippen molar-refractivity contribution < 1.29 is 5.11 Å². The van der Waals surface area contributed by atoms with Crippen molar-refractivity contribution >= 4 is 36.3 Å². The van der Waals surface area contributed by atoms with E-state index >= 15 is 0 Å². The lowest BCUT2D eigenvalue weighted by molar-refractivity contribution is 0.292. The predicted octanol–water partition coefficient (Wildman–Crippen LogP) is 1.30. The average molecular weight is 240 g/mol. The maximum absolute atomic E-state index is 8.51. The summed E-state index contributed by atoms with van der Waals surface area (Å²) in [5, 5.41) is 11.6. The zero-order valence-corrected chi connectivity index (χ0v) is 9.27. The van der Waals surface area contributed by atoms with Crippen molar-refractivity contribution in [2.75, 3.05) is 24.2 Å². The van der Waals surface area contributed by atoms with Gasteiger partial charge in [-0.15, -0.1) is 24.8 Å². The first-order chi connectivity index (χ1) is 5.83. The Morgan fingerprint density at radius 3 is 2.57 bits per heavy atom. The SMILES string of the molecule is Cl.Cl.Nc1ccc(NCCCO)nc1. The summed E-state index contributed by atoms with van der Waals surface area (Å²) < 4.78 is 0. The van der Waals surface area contributed by atoms with Gasteiger partial charge in [0, 0.05) is 13.2 Å². The van der Waals surface area contributed by atoms with Crippen molar-refractivity contribution in [2.45, 2.75) is 6.42 Å². The molecule has 0 aromatic carbocycles. The summed E-state index contributed by atoms with van der Waals surface area (Å²) in [6, 6.07) is 3.60. The molecule has 0 atom stereocenters. The zero-order valence-electron chi connectivity index (χ0n) is 7.64. The van der Waals surface area contributed by atoms with Crippen molar-refractivity contribution in [3.8, 4) is 0 Å². The molecule has 1 rings (SSSR count). The molecule has 6 heteroatoms. The molecule has 0 amide bonds. The number of aliphatic hydroxyl groups excluding tert-OH is 1. The Labute approximate surface area is 95.7 Å². The fourth-order valence-corrected chi connectivity index (χ4v) is 0.805. The van der Waals surface area contributed by atoms with E-state index in [0.29, 0.717) is 5.69 Å². The number of nitrogens with two attached hydrogens (primary N) is 1. The molecular formula is C8H15Cl2N3O. The van der Waals surface area contributed by atoms with Gasteiger partial charge in [0.15, 0.2) is 0 Å². The second kappa shape index (κ2) is 8.87. The molecule has 0 bridgehead atoms. The normalized spacial score (nSPS) is 8.36. The van der Waals surface area contributed by atoms with E-state index in [2.05, 4.69) is 10.3 Å². The van der Waals surface area contributed by atoms with Crippen molar-refractivity contribution in [1.82, 2.24) is 4.98 Å². The molecule has 0 saturated carbocycles. The van der Waals surface area contributed by atoms with Crippen LogP contribution < -0.4 is 11.1 Å². The highest BCUT2D eigenvalue weighted by atomic mass is 35.5. The summed E-state index contributed by atoms with van der Waals surface area (Å²) >= 11 is 0. The summed E-state index contributed by atoms with van der Waals surface area (Å²) in [5.41, 5.74) is 6.11. The molecule has 4 nitrogen and oxygen atoms in total. The van der Waals surface area contributed by atoms with E-state index in [1.165, 1.54) is 0 Å². The summed E-state index contributed by atoms with van der Waals surface area (Å²) in [5.74, 6) is 0.789. The lowest BCUT2D eigenvalue weighted by Crippen LogP contribution is -2.04. The Bertz CT molecular complexity index is 231. The third kappa shape index (κ3) is 5.85. The highest BCUT2D eigenvalue weighted by molar-refractivity contribution is 5.85. The number of hydrogen-bond acceptors (Lipinski definition) is 4. The summed E-state index contributed by atoms with van der Waals surface area (Å²) in [4.78, 5) is 4.03. The van der Waals surface area contributed by atoms with Crippen molar-refractivity contribution in [3.05, 3.63) is 18.3 Å². The van der Waals surface area contributed by atoms with Crippen LogP contribution in [0.15, 0.2) is 18.3 Å². The van der Waals surface area contributed by atoms with Gasteiger partial charge in [-0.1, -0.05) is 0 Å². The van der Waals surface area contributed by atoms with Gasteiger partial charge in [0.25, 0.3) is 0 Å². The van der Waals surface area contributed by atoms with E-state index in [-0.39, 0.29) is 31.4 Å². The molecule has 0 saturated heterocycles. The number of hydrogen-bond donors (Lipinski definition) is 3. The van der Waals surface area contributed by atoms with Gasteiger partial charge in [-0.05, 0) is 18.6 Å².